The van der Waals surface area contributed by atoms with Crippen molar-refractivity contribution in [3.63, 3.8) is 0 Å². The number of aromatic amines is 1. The number of unbranched alkanes of at least 4 members (excludes halogenated alkanes) is 2. The van der Waals surface area contributed by atoms with Crippen LogP contribution in [-0.2, 0) is 13.0 Å². The Bertz CT molecular complexity index is 1290. The molecule has 1 unspecified atom stereocenters. The number of allylic oxidation sites excluding steroid dienone is 2. The summed E-state index contributed by atoms with van der Waals surface area (Å²) in [7, 11) is 0. The lowest BCUT2D eigenvalue weighted by Crippen LogP contribution is -2.35. The van der Waals surface area contributed by atoms with Crippen molar-refractivity contribution in [1.82, 2.24) is 14.9 Å². The van der Waals surface area contributed by atoms with Gasteiger partial charge in [-0.2, -0.15) is 0 Å². The Morgan fingerprint density at radius 2 is 1.86 bits per heavy atom. The van der Waals surface area contributed by atoms with Crippen molar-refractivity contribution in [2.24, 2.45) is 0 Å². The van der Waals surface area contributed by atoms with Gasteiger partial charge in [-0.1, -0.05) is 37.6 Å². The van der Waals surface area contributed by atoms with Crippen molar-refractivity contribution in [3.05, 3.63) is 104 Å². The van der Waals surface area contributed by atoms with Crippen LogP contribution in [0.3, 0.4) is 0 Å². The standard InChI is InChI=1S/C29H35FN4O2/c1-3-21-17-26(13-8-20(21)2)32-27-19-28(35)34(29(36)33-27)16-6-4-5-7-25-18-23(14-15-31-25)22-9-11-24(30)12-10-22/h8-13,17-19,23,31-32H,3-7,14-16H2,1-2H3,(H,33,36). The lowest BCUT2D eigenvalue weighted by Gasteiger charge is -2.23. The SMILES string of the molecule is CCc1cc(Nc2cc(=O)n(CCCCCC3=CC(c4ccc(F)cc4)CCN3)c(=O)[nH]2)ccc1C. The molecule has 0 spiro atoms. The molecule has 6 nitrogen and oxygen atoms in total. The van der Waals surface area contributed by atoms with Gasteiger partial charge in [0.15, 0.2) is 0 Å². The summed E-state index contributed by atoms with van der Waals surface area (Å²) >= 11 is 0. The summed E-state index contributed by atoms with van der Waals surface area (Å²) in [6, 6.07) is 14.2. The molecule has 1 aromatic heterocycles. The van der Waals surface area contributed by atoms with Gasteiger partial charge in [-0.05, 0) is 80.0 Å². The van der Waals surface area contributed by atoms with Gasteiger partial charge < -0.3 is 10.6 Å². The van der Waals surface area contributed by atoms with E-state index in [0.717, 1.165) is 56.3 Å². The molecule has 0 aliphatic carbocycles. The van der Waals surface area contributed by atoms with Gasteiger partial charge >= 0.3 is 5.69 Å². The highest BCUT2D eigenvalue weighted by molar-refractivity contribution is 5.57. The van der Waals surface area contributed by atoms with E-state index in [0.29, 0.717) is 18.3 Å². The quantitative estimate of drug-likeness (QED) is 0.328. The molecule has 1 aliphatic rings. The monoisotopic (exact) mass is 490 g/mol. The molecule has 7 heteroatoms. The van der Waals surface area contributed by atoms with E-state index >= 15 is 0 Å². The zero-order valence-corrected chi connectivity index (χ0v) is 21.1. The van der Waals surface area contributed by atoms with Crippen LogP contribution >= 0.6 is 0 Å². The van der Waals surface area contributed by atoms with Gasteiger partial charge in [0.2, 0.25) is 0 Å². The first-order valence-corrected chi connectivity index (χ1v) is 12.8. The van der Waals surface area contributed by atoms with Crippen LogP contribution in [0.25, 0.3) is 0 Å². The molecular formula is C29H35FN4O2. The van der Waals surface area contributed by atoms with Crippen molar-refractivity contribution in [2.45, 2.75) is 64.8 Å². The number of hydrogen-bond donors (Lipinski definition) is 3. The van der Waals surface area contributed by atoms with Crippen molar-refractivity contribution in [2.75, 3.05) is 11.9 Å². The molecule has 0 bridgehead atoms. The topological polar surface area (TPSA) is 78.9 Å². The van der Waals surface area contributed by atoms with E-state index < -0.39 is 5.69 Å². The Labute approximate surface area is 211 Å². The molecule has 36 heavy (non-hydrogen) atoms. The fourth-order valence-corrected chi connectivity index (χ4v) is 4.77. The number of hydrogen-bond acceptors (Lipinski definition) is 4. The van der Waals surface area contributed by atoms with E-state index in [1.54, 1.807) is 0 Å². The first-order valence-electron chi connectivity index (χ1n) is 12.8. The zero-order chi connectivity index (χ0) is 25.5. The number of halogens is 1. The molecule has 1 atom stereocenters. The Kier molecular flexibility index (Phi) is 8.41. The summed E-state index contributed by atoms with van der Waals surface area (Å²) in [5, 5.41) is 6.61. The van der Waals surface area contributed by atoms with Crippen LogP contribution in [0.15, 0.2) is 69.9 Å². The Hall–Kier alpha value is -3.61. The number of H-pyrrole nitrogens is 1. The van der Waals surface area contributed by atoms with E-state index in [1.165, 1.54) is 39.6 Å². The van der Waals surface area contributed by atoms with Crippen LogP contribution < -0.4 is 21.9 Å². The Morgan fingerprint density at radius 1 is 1.06 bits per heavy atom. The lowest BCUT2D eigenvalue weighted by molar-refractivity contribution is 0.538. The van der Waals surface area contributed by atoms with Crippen LogP contribution in [0, 0.1) is 12.7 Å². The highest BCUT2D eigenvalue weighted by Gasteiger charge is 2.15. The molecule has 0 radical (unpaired) electrons. The largest absolute Gasteiger partial charge is 0.389 e. The first-order chi connectivity index (χ1) is 17.4. The van der Waals surface area contributed by atoms with Gasteiger partial charge in [0.05, 0.1) is 0 Å². The summed E-state index contributed by atoms with van der Waals surface area (Å²) in [4.78, 5) is 27.9. The second-order valence-corrected chi connectivity index (χ2v) is 9.47. The van der Waals surface area contributed by atoms with Gasteiger partial charge in [-0.3, -0.25) is 14.3 Å². The van der Waals surface area contributed by atoms with Crippen LogP contribution in [0.1, 0.15) is 61.6 Å². The molecule has 2 heterocycles. The third kappa shape index (κ3) is 6.53. The van der Waals surface area contributed by atoms with E-state index in [2.05, 4.69) is 35.5 Å². The predicted octanol–water partition coefficient (Wildman–Crippen LogP) is 5.51. The number of nitrogens with zero attached hydrogens (tertiary/aromatic N) is 1. The van der Waals surface area contributed by atoms with Crippen LogP contribution in [0.5, 0.6) is 0 Å². The fraction of sp³-hybridized carbons (Fsp3) is 0.379. The number of rotatable bonds is 10. The number of aromatic nitrogens is 2. The molecule has 0 amide bonds. The minimum Gasteiger partial charge on any atom is -0.389 e. The minimum atomic E-state index is -0.397. The summed E-state index contributed by atoms with van der Waals surface area (Å²) < 4.78 is 14.5. The summed E-state index contributed by atoms with van der Waals surface area (Å²) in [5.41, 5.74) is 4.94. The number of anilines is 2. The van der Waals surface area contributed by atoms with Crippen molar-refractivity contribution in [1.29, 1.82) is 0 Å². The number of benzene rings is 2. The minimum absolute atomic E-state index is 0.211. The molecule has 190 valence electrons. The number of nitrogens with one attached hydrogen (secondary N) is 3. The molecule has 4 rings (SSSR count). The molecule has 3 N–H and O–H groups in total. The summed E-state index contributed by atoms with van der Waals surface area (Å²) in [5.74, 6) is 0.496. The normalized spacial score (nSPS) is 15.3. The third-order valence-corrected chi connectivity index (χ3v) is 6.87. The van der Waals surface area contributed by atoms with E-state index in [-0.39, 0.29) is 11.4 Å². The van der Waals surface area contributed by atoms with E-state index in [9.17, 15) is 14.0 Å². The highest BCUT2D eigenvalue weighted by atomic mass is 19.1. The molecule has 0 saturated carbocycles. The average molecular weight is 491 g/mol. The van der Waals surface area contributed by atoms with Gasteiger partial charge in [0.1, 0.15) is 11.6 Å². The number of aryl methyl sites for hydroxylation is 2. The van der Waals surface area contributed by atoms with Crippen LogP contribution in [0.2, 0.25) is 0 Å². The zero-order valence-electron chi connectivity index (χ0n) is 21.1. The highest BCUT2D eigenvalue weighted by Crippen LogP contribution is 2.26. The first kappa shape index (κ1) is 25.5. The molecule has 0 fully saturated rings. The van der Waals surface area contributed by atoms with Gasteiger partial charge in [-0.25, -0.2) is 9.18 Å². The fourth-order valence-electron chi connectivity index (χ4n) is 4.77. The second kappa shape index (κ2) is 11.9. The van der Waals surface area contributed by atoms with Gasteiger partial charge in [0, 0.05) is 36.5 Å². The molecule has 3 aromatic rings. The molecule has 1 aliphatic heterocycles. The smallest absolute Gasteiger partial charge is 0.329 e. The van der Waals surface area contributed by atoms with Crippen LogP contribution in [-0.4, -0.2) is 16.1 Å². The van der Waals surface area contributed by atoms with Crippen molar-refractivity contribution >= 4 is 11.5 Å². The average Bonchev–Trinajstić information content (AvgIpc) is 2.87. The second-order valence-electron chi connectivity index (χ2n) is 9.47. The lowest BCUT2D eigenvalue weighted by atomic mass is 9.91. The molecule has 2 aromatic carbocycles. The van der Waals surface area contributed by atoms with Crippen molar-refractivity contribution < 1.29 is 4.39 Å². The Morgan fingerprint density at radius 3 is 2.61 bits per heavy atom. The van der Waals surface area contributed by atoms with Crippen molar-refractivity contribution in [3.8, 4) is 0 Å². The maximum absolute atomic E-state index is 13.2. The maximum Gasteiger partial charge on any atom is 0.329 e. The Balaban J connectivity index is 1.28. The maximum atomic E-state index is 13.2. The van der Waals surface area contributed by atoms with Crippen LogP contribution in [0.4, 0.5) is 15.9 Å². The summed E-state index contributed by atoms with van der Waals surface area (Å²) in [6.07, 6.45) is 7.71. The van der Waals surface area contributed by atoms with E-state index in [1.807, 2.05) is 30.3 Å². The molecule has 0 saturated heterocycles. The van der Waals surface area contributed by atoms with Gasteiger partial charge in [-0.15, -0.1) is 0 Å². The van der Waals surface area contributed by atoms with E-state index in [4.69, 9.17) is 0 Å². The summed E-state index contributed by atoms with van der Waals surface area (Å²) in [6.45, 7) is 5.46. The molecular weight excluding hydrogens is 455 g/mol. The predicted molar refractivity (Wildman–Crippen MR) is 143 cm³/mol. The van der Waals surface area contributed by atoms with Gasteiger partial charge in [0.25, 0.3) is 5.56 Å². The third-order valence-electron chi connectivity index (χ3n) is 6.87.